The highest BCUT2D eigenvalue weighted by atomic mass is 19.1. The van der Waals surface area contributed by atoms with E-state index < -0.39 is 23.1 Å². The van der Waals surface area contributed by atoms with Crippen LogP contribution in [-0.2, 0) is 14.4 Å². The molecule has 2 aliphatic heterocycles. The van der Waals surface area contributed by atoms with Crippen molar-refractivity contribution >= 4 is 23.5 Å². The number of rotatable bonds is 4. The lowest BCUT2D eigenvalue weighted by atomic mass is 9.76. The van der Waals surface area contributed by atoms with Crippen molar-refractivity contribution in [2.45, 2.75) is 26.7 Å². The van der Waals surface area contributed by atoms with E-state index in [-0.39, 0.29) is 42.9 Å². The third-order valence-electron chi connectivity index (χ3n) is 5.76. The Morgan fingerprint density at radius 3 is 2.58 bits per heavy atom. The highest BCUT2D eigenvalue weighted by molar-refractivity contribution is 6.00. The quantitative estimate of drug-likeness (QED) is 0.890. The van der Waals surface area contributed by atoms with Crippen LogP contribution >= 0.6 is 0 Å². The molecule has 6 nitrogen and oxygen atoms in total. The van der Waals surface area contributed by atoms with Gasteiger partial charge in [-0.05, 0) is 24.5 Å². The van der Waals surface area contributed by atoms with Gasteiger partial charge in [0.2, 0.25) is 11.8 Å². The first-order chi connectivity index (χ1) is 12.3. The Hall–Kier alpha value is -2.44. The summed E-state index contributed by atoms with van der Waals surface area (Å²) in [5.41, 5.74) is -0.764. The SMILES string of the molecule is CC(C)C1(C(=O)O)CCN(C(=O)C2CC(=O)N(c3ccccc3F)C2)C1. The monoisotopic (exact) mass is 362 g/mol. The molecule has 0 bridgehead atoms. The smallest absolute Gasteiger partial charge is 0.311 e. The molecule has 2 fully saturated rings. The van der Waals surface area contributed by atoms with Crippen molar-refractivity contribution in [3.63, 3.8) is 0 Å². The number of likely N-dealkylation sites (tertiary alicyclic amines) is 1. The van der Waals surface area contributed by atoms with E-state index in [2.05, 4.69) is 0 Å². The maximum atomic E-state index is 14.0. The highest BCUT2D eigenvalue weighted by Crippen LogP contribution is 2.39. The molecule has 0 aromatic heterocycles. The Labute approximate surface area is 151 Å². The Bertz CT molecular complexity index is 751. The van der Waals surface area contributed by atoms with Crippen molar-refractivity contribution in [1.29, 1.82) is 0 Å². The van der Waals surface area contributed by atoms with Gasteiger partial charge >= 0.3 is 5.97 Å². The number of anilines is 1. The lowest BCUT2D eigenvalue weighted by molar-refractivity contribution is -0.151. The molecule has 1 aromatic carbocycles. The molecule has 2 aliphatic rings. The summed E-state index contributed by atoms with van der Waals surface area (Å²) in [6.45, 7) is 4.34. The maximum absolute atomic E-state index is 14.0. The number of aliphatic carboxylic acids is 1. The van der Waals surface area contributed by atoms with Gasteiger partial charge < -0.3 is 14.9 Å². The molecular weight excluding hydrogens is 339 g/mol. The summed E-state index contributed by atoms with van der Waals surface area (Å²) >= 11 is 0. The van der Waals surface area contributed by atoms with E-state index in [0.29, 0.717) is 13.0 Å². The second kappa shape index (κ2) is 6.70. The summed E-state index contributed by atoms with van der Waals surface area (Å²) in [5.74, 6) is -2.57. The molecule has 140 valence electrons. The topological polar surface area (TPSA) is 77.9 Å². The number of para-hydroxylation sites is 1. The molecule has 1 aromatic rings. The van der Waals surface area contributed by atoms with Gasteiger partial charge in [-0.2, -0.15) is 0 Å². The van der Waals surface area contributed by atoms with E-state index in [1.165, 1.54) is 17.0 Å². The summed E-state index contributed by atoms with van der Waals surface area (Å²) in [6, 6.07) is 5.99. The van der Waals surface area contributed by atoms with Crippen LogP contribution in [0.3, 0.4) is 0 Å². The van der Waals surface area contributed by atoms with E-state index in [1.807, 2.05) is 13.8 Å². The van der Waals surface area contributed by atoms with Gasteiger partial charge in [0.05, 0.1) is 17.0 Å². The number of carbonyl (C=O) groups is 3. The number of benzene rings is 1. The number of nitrogens with zero attached hydrogens (tertiary/aromatic N) is 2. The molecule has 2 unspecified atom stereocenters. The van der Waals surface area contributed by atoms with E-state index in [4.69, 9.17) is 0 Å². The summed E-state index contributed by atoms with van der Waals surface area (Å²) in [4.78, 5) is 39.7. The van der Waals surface area contributed by atoms with Gasteiger partial charge in [-0.15, -0.1) is 0 Å². The third-order valence-corrected chi connectivity index (χ3v) is 5.76. The average molecular weight is 362 g/mol. The Morgan fingerprint density at radius 1 is 1.31 bits per heavy atom. The van der Waals surface area contributed by atoms with Crippen molar-refractivity contribution in [2.75, 3.05) is 24.5 Å². The molecular formula is C19H23FN2O4. The summed E-state index contributed by atoms with van der Waals surface area (Å²) < 4.78 is 14.0. The lowest BCUT2D eigenvalue weighted by Gasteiger charge is -2.29. The van der Waals surface area contributed by atoms with Gasteiger partial charge in [0.25, 0.3) is 0 Å². The number of hydrogen-bond donors (Lipinski definition) is 1. The molecule has 0 aliphatic carbocycles. The normalized spacial score (nSPS) is 26.0. The van der Waals surface area contributed by atoms with Crippen LogP contribution in [-0.4, -0.2) is 47.4 Å². The minimum Gasteiger partial charge on any atom is -0.481 e. The molecule has 0 spiro atoms. The van der Waals surface area contributed by atoms with Crippen LogP contribution in [0.5, 0.6) is 0 Å². The van der Waals surface area contributed by atoms with Gasteiger partial charge in [0, 0.05) is 26.1 Å². The minimum atomic E-state index is -0.941. The van der Waals surface area contributed by atoms with Crippen LogP contribution in [0, 0.1) is 23.1 Å². The molecule has 2 atom stereocenters. The molecule has 2 heterocycles. The maximum Gasteiger partial charge on any atom is 0.311 e. The Kier molecular flexibility index (Phi) is 4.73. The lowest BCUT2D eigenvalue weighted by Crippen LogP contribution is -2.42. The largest absolute Gasteiger partial charge is 0.481 e. The van der Waals surface area contributed by atoms with Crippen molar-refractivity contribution in [2.24, 2.45) is 17.3 Å². The molecule has 0 saturated carbocycles. The molecule has 2 amide bonds. The zero-order valence-corrected chi connectivity index (χ0v) is 14.9. The number of carboxylic acid groups (broad SMARTS) is 1. The van der Waals surface area contributed by atoms with Crippen LogP contribution < -0.4 is 4.90 Å². The first-order valence-electron chi connectivity index (χ1n) is 8.83. The third kappa shape index (κ3) is 2.95. The first kappa shape index (κ1) is 18.4. The predicted molar refractivity (Wildman–Crippen MR) is 93.0 cm³/mol. The van der Waals surface area contributed by atoms with Gasteiger partial charge in [-0.25, -0.2) is 4.39 Å². The van der Waals surface area contributed by atoms with Gasteiger partial charge in [-0.1, -0.05) is 26.0 Å². The fourth-order valence-electron chi connectivity index (χ4n) is 3.95. The van der Waals surface area contributed by atoms with E-state index in [0.717, 1.165) is 0 Å². The molecule has 2 saturated heterocycles. The summed E-state index contributed by atoms with van der Waals surface area (Å²) in [6.07, 6.45) is 0.425. The van der Waals surface area contributed by atoms with Gasteiger partial charge in [-0.3, -0.25) is 14.4 Å². The highest BCUT2D eigenvalue weighted by Gasteiger charge is 2.50. The van der Waals surface area contributed by atoms with Crippen molar-refractivity contribution in [1.82, 2.24) is 4.90 Å². The molecule has 3 rings (SSSR count). The second-order valence-electron chi connectivity index (χ2n) is 7.48. The number of halogens is 1. The van der Waals surface area contributed by atoms with Crippen LogP contribution in [0.2, 0.25) is 0 Å². The van der Waals surface area contributed by atoms with Crippen molar-refractivity contribution < 1.29 is 23.9 Å². The number of amides is 2. The molecule has 1 N–H and O–H groups in total. The molecule has 26 heavy (non-hydrogen) atoms. The van der Waals surface area contributed by atoms with E-state index >= 15 is 0 Å². The zero-order chi connectivity index (χ0) is 19.1. The minimum absolute atomic E-state index is 0.0193. The second-order valence-corrected chi connectivity index (χ2v) is 7.48. The summed E-state index contributed by atoms with van der Waals surface area (Å²) in [5, 5.41) is 9.62. The van der Waals surface area contributed by atoms with Crippen LogP contribution in [0.25, 0.3) is 0 Å². The average Bonchev–Trinajstić information content (AvgIpc) is 3.20. The van der Waals surface area contributed by atoms with Crippen LogP contribution in [0.4, 0.5) is 10.1 Å². The fraction of sp³-hybridized carbons (Fsp3) is 0.526. The first-order valence-corrected chi connectivity index (χ1v) is 8.83. The van der Waals surface area contributed by atoms with E-state index in [9.17, 15) is 23.9 Å². The van der Waals surface area contributed by atoms with Crippen LogP contribution in [0.1, 0.15) is 26.7 Å². The standard InChI is InChI=1S/C19H23FN2O4/c1-12(2)19(18(25)26)7-8-21(11-19)17(24)13-9-16(23)22(10-13)15-6-4-3-5-14(15)20/h3-6,12-13H,7-11H2,1-2H3,(H,25,26). The van der Waals surface area contributed by atoms with E-state index in [1.54, 1.807) is 17.0 Å². The summed E-state index contributed by atoms with van der Waals surface area (Å²) in [7, 11) is 0. The number of carbonyl (C=O) groups excluding carboxylic acids is 2. The molecule has 0 radical (unpaired) electrons. The number of carboxylic acids is 1. The van der Waals surface area contributed by atoms with Crippen LogP contribution in [0.15, 0.2) is 24.3 Å². The Balaban J connectivity index is 1.73. The number of hydrogen-bond acceptors (Lipinski definition) is 3. The van der Waals surface area contributed by atoms with Crippen molar-refractivity contribution in [3.05, 3.63) is 30.1 Å². The van der Waals surface area contributed by atoms with Gasteiger partial charge in [0.15, 0.2) is 0 Å². The Morgan fingerprint density at radius 2 is 2.00 bits per heavy atom. The zero-order valence-electron chi connectivity index (χ0n) is 14.9. The molecule has 7 heteroatoms. The predicted octanol–water partition coefficient (Wildman–Crippen LogP) is 2.14. The fourth-order valence-corrected chi connectivity index (χ4v) is 3.95. The van der Waals surface area contributed by atoms with Gasteiger partial charge in [0.1, 0.15) is 5.82 Å². The van der Waals surface area contributed by atoms with Crippen molar-refractivity contribution in [3.8, 4) is 0 Å².